The Kier molecular flexibility index (Phi) is 3.48. The lowest BCUT2D eigenvalue weighted by Gasteiger charge is -2.59. The molecule has 9 unspecified atom stereocenters. The molecule has 4 nitrogen and oxygen atoms in total. The van der Waals surface area contributed by atoms with Crippen LogP contribution in [0.25, 0.3) is 0 Å². The first-order valence-corrected chi connectivity index (χ1v) is 11.3. The standard InChI is InChI=1S/C24H30O4/c1-2-23-7-5-16-15-4-3-14(26)10-17(15)13(12-25)9-18(16)22(23)19-11-20(19)24(23)8-6-21(27)28-24/h6,8,10,13,15-16,18-20,22,25H,2-5,7,9,11-12H2,1H3. The third-order valence-electron chi connectivity index (χ3n) is 9.79. The predicted octanol–water partition coefficient (Wildman–Crippen LogP) is 3.44. The number of fused-ring (bicyclic) bond motifs is 9. The van der Waals surface area contributed by atoms with Crippen molar-refractivity contribution in [2.45, 2.75) is 57.5 Å². The molecular formula is C24H30O4. The molecule has 0 saturated heterocycles. The van der Waals surface area contributed by atoms with E-state index in [-0.39, 0.29) is 35.3 Å². The monoisotopic (exact) mass is 382 g/mol. The van der Waals surface area contributed by atoms with E-state index in [0.29, 0.717) is 41.9 Å². The molecule has 4 saturated carbocycles. The van der Waals surface area contributed by atoms with Crippen molar-refractivity contribution < 1.29 is 19.4 Å². The summed E-state index contributed by atoms with van der Waals surface area (Å²) in [4.78, 5) is 24.2. The first kappa shape index (κ1) is 17.4. The summed E-state index contributed by atoms with van der Waals surface area (Å²) in [5.41, 5.74) is 0.944. The molecule has 0 aromatic rings. The third kappa shape index (κ3) is 1.91. The van der Waals surface area contributed by atoms with Gasteiger partial charge in [-0.25, -0.2) is 4.79 Å². The molecule has 0 aromatic heterocycles. The second kappa shape index (κ2) is 5.59. The Labute approximate surface area is 166 Å². The Hall–Kier alpha value is -1.42. The van der Waals surface area contributed by atoms with Crippen molar-refractivity contribution in [2.75, 3.05) is 6.61 Å². The molecule has 5 aliphatic carbocycles. The van der Waals surface area contributed by atoms with Gasteiger partial charge in [-0.15, -0.1) is 0 Å². The first-order valence-electron chi connectivity index (χ1n) is 11.3. The Morgan fingerprint density at radius 3 is 2.75 bits per heavy atom. The number of aliphatic hydroxyl groups is 1. The van der Waals surface area contributed by atoms with Crippen molar-refractivity contribution >= 4 is 11.8 Å². The summed E-state index contributed by atoms with van der Waals surface area (Å²) in [6, 6.07) is 0. The van der Waals surface area contributed by atoms with Gasteiger partial charge in [-0.1, -0.05) is 12.5 Å². The van der Waals surface area contributed by atoms with Crippen LogP contribution in [0.15, 0.2) is 23.8 Å². The van der Waals surface area contributed by atoms with Gasteiger partial charge in [0, 0.05) is 36.4 Å². The highest BCUT2D eigenvalue weighted by atomic mass is 16.6. The van der Waals surface area contributed by atoms with Gasteiger partial charge in [0.1, 0.15) is 5.60 Å². The molecule has 9 atom stereocenters. The highest BCUT2D eigenvalue weighted by molar-refractivity contribution is 5.91. The van der Waals surface area contributed by atoms with Gasteiger partial charge in [0.25, 0.3) is 0 Å². The smallest absolute Gasteiger partial charge is 0.331 e. The van der Waals surface area contributed by atoms with E-state index in [4.69, 9.17) is 4.74 Å². The fourth-order valence-corrected chi connectivity index (χ4v) is 8.90. The maximum absolute atomic E-state index is 12.1. The highest BCUT2D eigenvalue weighted by Crippen LogP contribution is 2.78. The molecule has 0 amide bonds. The van der Waals surface area contributed by atoms with Crippen LogP contribution in [-0.2, 0) is 14.3 Å². The van der Waals surface area contributed by atoms with Crippen LogP contribution < -0.4 is 0 Å². The van der Waals surface area contributed by atoms with Crippen LogP contribution >= 0.6 is 0 Å². The summed E-state index contributed by atoms with van der Waals surface area (Å²) in [5.74, 6) is 3.66. The molecule has 28 heavy (non-hydrogen) atoms. The summed E-state index contributed by atoms with van der Waals surface area (Å²) in [7, 11) is 0. The molecule has 1 N–H and O–H groups in total. The predicted molar refractivity (Wildman–Crippen MR) is 103 cm³/mol. The van der Waals surface area contributed by atoms with Gasteiger partial charge in [-0.2, -0.15) is 0 Å². The fraction of sp³-hybridized carbons (Fsp3) is 0.750. The number of rotatable bonds is 2. The first-order chi connectivity index (χ1) is 13.5. The Morgan fingerprint density at radius 2 is 2.04 bits per heavy atom. The van der Waals surface area contributed by atoms with Gasteiger partial charge in [0.15, 0.2) is 5.78 Å². The molecule has 150 valence electrons. The molecule has 0 aromatic carbocycles. The molecule has 6 rings (SSSR count). The molecule has 6 aliphatic rings. The average Bonchev–Trinajstić information content (AvgIpc) is 3.34. The topological polar surface area (TPSA) is 63.6 Å². The van der Waals surface area contributed by atoms with Crippen LogP contribution in [0.4, 0.5) is 0 Å². The van der Waals surface area contributed by atoms with Crippen molar-refractivity contribution in [3.8, 4) is 0 Å². The number of aliphatic hydroxyl groups excluding tert-OH is 1. The van der Waals surface area contributed by atoms with Crippen LogP contribution in [0.3, 0.4) is 0 Å². The van der Waals surface area contributed by atoms with E-state index in [1.165, 1.54) is 12.0 Å². The van der Waals surface area contributed by atoms with Crippen LogP contribution in [0.1, 0.15) is 51.9 Å². The number of ketones is 1. The summed E-state index contributed by atoms with van der Waals surface area (Å²) >= 11 is 0. The maximum atomic E-state index is 12.1. The van der Waals surface area contributed by atoms with Crippen LogP contribution in [0.2, 0.25) is 0 Å². The molecule has 0 radical (unpaired) electrons. The van der Waals surface area contributed by atoms with Gasteiger partial charge in [0.2, 0.25) is 0 Å². The summed E-state index contributed by atoms with van der Waals surface area (Å²) in [5, 5.41) is 10.2. The van der Waals surface area contributed by atoms with Crippen LogP contribution in [0, 0.1) is 46.8 Å². The molecule has 1 heterocycles. The van der Waals surface area contributed by atoms with E-state index in [0.717, 1.165) is 32.1 Å². The largest absolute Gasteiger partial charge is 0.451 e. The Morgan fingerprint density at radius 1 is 1.18 bits per heavy atom. The Balaban J connectivity index is 1.42. The minimum atomic E-state index is -0.369. The molecular weight excluding hydrogens is 352 g/mol. The third-order valence-corrected chi connectivity index (χ3v) is 9.79. The fourth-order valence-electron chi connectivity index (χ4n) is 8.90. The number of ether oxygens (including phenoxy) is 1. The van der Waals surface area contributed by atoms with Gasteiger partial charge in [-0.3, -0.25) is 4.79 Å². The van der Waals surface area contributed by atoms with Crippen LogP contribution in [-0.4, -0.2) is 29.1 Å². The van der Waals surface area contributed by atoms with E-state index in [2.05, 4.69) is 13.0 Å². The molecule has 1 aliphatic heterocycles. The molecule has 4 fully saturated rings. The van der Waals surface area contributed by atoms with Gasteiger partial charge in [0.05, 0.1) is 0 Å². The quantitative estimate of drug-likeness (QED) is 0.743. The lowest BCUT2D eigenvalue weighted by molar-refractivity contribution is -0.173. The number of carbonyl (C=O) groups is 2. The second-order valence-electron chi connectivity index (χ2n) is 10.3. The molecule has 1 spiro atoms. The zero-order chi connectivity index (χ0) is 19.3. The number of carbonyl (C=O) groups excluding carboxylic acids is 2. The van der Waals surface area contributed by atoms with Gasteiger partial charge in [-0.05, 0) is 80.3 Å². The zero-order valence-electron chi connectivity index (χ0n) is 16.6. The number of hydrogen-bond acceptors (Lipinski definition) is 4. The Bertz CT molecular complexity index is 811. The SMILES string of the molecule is CCC12CCC3C4CCC(=O)C=C4C(CO)CC3C1C1CC1C21C=CC(=O)O1. The minimum absolute atomic E-state index is 0.0656. The van der Waals surface area contributed by atoms with Gasteiger partial charge >= 0.3 is 5.97 Å². The maximum Gasteiger partial charge on any atom is 0.331 e. The van der Waals surface area contributed by atoms with Crippen molar-refractivity contribution in [1.82, 2.24) is 0 Å². The number of esters is 1. The van der Waals surface area contributed by atoms with Gasteiger partial charge < -0.3 is 9.84 Å². The summed E-state index contributed by atoms with van der Waals surface area (Å²) in [6.45, 7) is 2.44. The van der Waals surface area contributed by atoms with Crippen molar-refractivity contribution in [3.63, 3.8) is 0 Å². The van der Waals surface area contributed by atoms with E-state index < -0.39 is 0 Å². The second-order valence-corrected chi connectivity index (χ2v) is 10.3. The van der Waals surface area contributed by atoms with E-state index in [9.17, 15) is 14.7 Å². The van der Waals surface area contributed by atoms with Crippen molar-refractivity contribution in [2.24, 2.45) is 46.8 Å². The van der Waals surface area contributed by atoms with Crippen LogP contribution in [0.5, 0.6) is 0 Å². The lowest BCUT2D eigenvalue weighted by Crippen LogP contribution is -2.57. The number of hydrogen-bond donors (Lipinski definition) is 1. The zero-order valence-corrected chi connectivity index (χ0v) is 16.6. The minimum Gasteiger partial charge on any atom is -0.451 e. The van der Waals surface area contributed by atoms with E-state index in [1.807, 2.05) is 6.08 Å². The van der Waals surface area contributed by atoms with Crippen molar-refractivity contribution in [3.05, 3.63) is 23.8 Å². The lowest BCUT2D eigenvalue weighted by atomic mass is 9.46. The summed E-state index contributed by atoms with van der Waals surface area (Å²) < 4.78 is 6.13. The normalized spacial score (nSPS) is 53.2. The average molecular weight is 383 g/mol. The van der Waals surface area contributed by atoms with E-state index >= 15 is 0 Å². The van der Waals surface area contributed by atoms with E-state index in [1.54, 1.807) is 6.08 Å². The molecule has 0 bridgehead atoms. The van der Waals surface area contributed by atoms with Crippen molar-refractivity contribution in [1.29, 1.82) is 0 Å². The summed E-state index contributed by atoms with van der Waals surface area (Å²) in [6.07, 6.45) is 12.8. The highest BCUT2D eigenvalue weighted by Gasteiger charge is 2.78. The molecule has 4 heteroatoms.